The molecule has 10 aromatic rings. The van der Waals surface area contributed by atoms with Crippen molar-refractivity contribution in [3.63, 3.8) is 0 Å². The summed E-state index contributed by atoms with van der Waals surface area (Å²) in [6, 6.07) is 39.4. The van der Waals surface area contributed by atoms with Crippen molar-refractivity contribution in [3.8, 4) is 56.2 Å². The van der Waals surface area contributed by atoms with E-state index >= 15 is 8.78 Å². The molecule has 260 valence electrons. The van der Waals surface area contributed by atoms with Crippen LogP contribution < -0.4 is 0 Å². The van der Waals surface area contributed by atoms with Gasteiger partial charge in [-0.1, -0.05) is 78.9 Å². The second-order valence-corrected chi connectivity index (χ2v) is 13.5. The van der Waals surface area contributed by atoms with Crippen LogP contribution in [0.1, 0.15) is 5.56 Å². The Morgan fingerprint density at radius 3 is 1.47 bits per heavy atom. The number of nitrogens with zero attached hydrogens (tertiary/aromatic N) is 6. The zero-order valence-electron chi connectivity index (χ0n) is 29.4. The lowest BCUT2D eigenvalue weighted by Gasteiger charge is -2.15. The third-order valence-corrected chi connectivity index (χ3v) is 10.1. The van der Waals surface area contributed by atoms with Gasteiger partial charge in [0, 0.05) is 74.1 Å². The number of halogens is 2. The Morgan fingerprint density at radius 2 is 0.909 bits per heavy atom. The van der Waals surface area contributed by atoms with Crippen LogP contribution in [0.3, 0.4) is 0 Å². The molecule has 5 aromatic carbocycles. The Bertz CT molecular complexity index is 3150. The minimum Gasteiger partial charge on any atom is -0.254 e. The van der Waals surface area contributed by atoms with Crippen LogP contribution in [0, 0.1) is 18.6 Å². The van der Waals surface area contributed by atoms with Gasteiger partial charge in [-0.2, -0.15) is 0 Å². The number of aromatic nitrogens is 6. The van der Waals surface area contributed by atoms with Crippen LogP contribution in [-0.4, -0.2) is 29.9 Å². The maximum atomic E-state index is 16.3. The van der Waals surface area contributed by atoms with E-state index in [0.717, 1.165) is 60.3 Å². The molecule has 0 fully saturated rings. The Balaban J connectivity index is 1.05. The van der Waals surface area contributed by atoms with Gasteiger partial charge in [0.2, 0.25) is 0 Å². The van der Waals surface area contributed by atoms with Gasteiger partial charge in [-0.3, -0.25) is 19.9 Å². The first-order chi connectivity index (χ1) is 27.0. The molecule has 0 aliphatic heterocycles. The molecule has 5 heterocycles. The monoisotopic (exact) mass is 714 g/mol. The summed E-state index contributed by atoms with van der Waals surface area (Å²) >= 11 is 0. The normalized spacial score (nSPS) is 11.5. The molecule has 8 heteroatoms. The van der Waals surface area contributed by atoms with Crippen LogP contribution in [0.25, 0.3) is 99.8 Å². The second-order valence-electron chi connectivity index (χ2n) is 13.5. The van der Waals surface area contributed by atoms with Gasteiger partial charge in [0.1, 0.15) is 11.6 Å². The summed E-state index contributed by atoms with van der Waals surface area (Å²) in [5, 5.41) is 3.82. The maximum Gasteiger partial charge on any atom is 0.163 e. The fourth-order valence-corrected chi connectivity index (χ4v) is 7.33. The zero-order valence-corrected chi connectivity index (χ0v) is 29.4. The number of benzene rings is 5. The highest BCUT2D eigenvalue weighted by molar-refractivity contribution is 6.04. The van der Waals surface area contributed by atoms with Gasteiger partial charge in [-0.25, -0.2) is 18.7 Å². The Labute approximate surface area is 313 Å². The van der Waals surface area contributed by atoms with Crippen molar-refractivity contribution in [2.75, 3.05) is 0 Å². The van der Waals surface area contributed by atoms with Crippen molar-refractivity contribution in [2.24, 2.45) is 0 Å². The molecule has 0 bridgehead atoms. The van der Waals surface area contributed by atoms with Gasteiger partial charge in [0.25, 0.3) is 0 Å². The minimum absolute atomic E-state index is 0.153. The predicted molar refractivity (Wildman–Crippen MR) is 215 cm³/mol. The van der Waals surface area contributed by atoms with Crippen molar-refractivity contribution >= 4 is 43.6 Å². The van der Waals surface area contributed by atoms with E-state index in [2.05, 4.69) is 9.97 Å². The van der Waals surface area contributed by atoms with Gasteiger partial charge >= 0.3 is 0 Å². The fourth-order valence-electron chi connectivity index (χ4n) is 7.33. The Morgan fingerprint density at radius 1 is 0.400 bits per heavy atom. The number of fused-ring (bicyclic) bond motifs is 6. The van der Waals surface area contributed by atoms with Crippen molar-refractivity contribution in [1.29, 1.82) is 0 Å². The third-order valence-electron chi connectivity index (χ3n) is 10.1. The summed E-state index contributed by atoms with van der Waals surface area (Å²) in [5.74, 6) is -0.818. The Kier molecular flexibility index (Phi) is 7.62. The highest BCUT2D eigenvalue weighted by atomic mass is 19.1. The van der Waals surface area contributed by atoms with E-state index in [0.29, 0.717) is 28.1 Å². The summed E-state index contributed by atoms with van der Waals surface area (Å²) in [7, 11) is 0. The molecule has 6 nitrogen and oxygen atoms in total. The molecule has 0 aliphatic rings. The zero-order chi connectivity index (χ0) is 37.0. The molecule has 0 saturated heterocycles. The van der Waals surface area contributed by atoms with Crippen molar-refractivity contribution in [1.82, 2.24) is 29.9 Å². The molecule has 0 aliphatic carbocycles. The van der Waals surface area contributed by atoms with Gasteiger partial charge in [-0.05, 0) is 66.6 Å². The number of pyridine rings is 4. The number of rotatable bonds is 5. The third kappa shape index (κ3) is 5.63. The maximum absolute atomic E-state index is 16.3. The topological polar surface area (TPSA) is 77.3 Å². The quantitative estimate of drug-likeness (QED) is 0.165. The predicted octanol–water partition coefficient (Wildman–Crippen LogP) is 11.6. The highest BCUT2D eigenvalue weighted by Crippen LogP contribution is 2.37. The summed E-state index contributed by atoms with van der Waals surface area (Å²) in [5.41, 5.74) is 9.01. The molecule has 0 unspecified atom stereocenters. The highest BCUT2D eigenvalue weighted by Gasteiger charge is 2.21. The van der Waals surface area contributed by atoms with Crippen molar-refractivity contribution in [3.05, 3.63) is 169 Å². The van der Waals surface area contributed by atoms with E-state index in [1.165, 1.54) is 12.1 Å². The second kappa shape index (κ2) is 13.0. The van der Waals surface area contributed by atoms with E-state index in [9.17, 15) is 0 Å². The molecule has 0 N–H and O–H groups in total. The summed E-state index contributed by atoms with van der Waals surface area (Å²) in [6.07, 6.45) is 6.98. The average molecular weight is 715 g/mol. The molecule has 0 amide bonds. The number of hydrogen-bond donors (Lipinski definition) is 0. The smallest absolute Gasteiger partial charge is 0.163 e. The van der Waals surface area contributed by atoms with Crippen LogP contribution in [0.15, 0.2) is 152 Å². The molecular formula is C47H28F2N6. The Hall–Kier alpha value is -7.32. The van der Waals surface area contributed by atoms with E-state index in [4.69, 9.17) is 19.9 Å². The van der Waals surface area contributed by atoms with Gasteiger partial charge < -0.3 is 0 Å². The van der Waals surface area contributed by atoms with Gasteiger partial charge in [-0.15, -0.1) is 0 Å². The van der Waals surface area contributed by atoms with Crippen LogP contribution in [0.4, 0.5) is 8.78 Å². The van der Waals surface area contributed by atoms with E-state index in [1.54, 1.807) is 36.9 Å². The van der Waals surface area contributed by atoms with Crippen molar-refractivity contribution in [2.45, 2.75) is 6.92 Å². The molecule has 0 spiro atoms. The summed E-state index contributed by atoms with van der Waals surface area (Å²) in [4.78, 5) is 28.1. The molecule has 55 heavy (non-hydrogen) atoms. The average Bonchev–Trinajstić information content (AvgIpc) is 3.23. The van der Waals surface area contributed by atoms with Crippen LogP contribution in [0.2, 0.25) is 0 Å². The molecule has 0 radical (unpaired) electrons. The van der Waals surface area contributed by atoms with Crippen LogP contribution >= 0.6 is 0 Å². The standard InChI is InChI=1S/C47H28F2N6/c1-27-41(28-7-3-2-4-8-28)54-47(38-18-16-32(24-40(38)49)36-22-34-14-12-30-10-6-20-51-44(30)46(34)53-26-36)55-42(27)37-17-15-31(23-39(37)48)35-21-33-13-11-29-9-5-19-50-43(29)45(33)52-25-35/h2-26H,1H3. The summed E-state index contributed by atoms with van der Waals surface area (Å²) < 4.78 is 32.6. The lowest BCUT2D eigenvalue weighted by Crippen LogP contribution is -2.02. The molecule has 0 atom stereocenters. The lowest BCUT2D eigenvalue weighted by molar-refractivity contribution is 0.629. The first-order valence-electron chi connectivity index (χ1n) is 17.8. The molecular weight excluding hydrogens is 687 g/mol. The van der Waals surface area contributed by atoms with Gasteiger partial charge in [0.15, 0.2) is 5.82 Å². The van der Waals surface area contributed by atoms with Gasteiger partial charge in [0.05, 0.1) is 39.0 Å². The summed E-state index contributed by atoms with van der Waals surface area (Å²) in [6.45, 7) is 1.87. The van der Waals surface area contributed by atoms with E-state index < -0.39 is 11.6 Å². The van der Waals surface area contributed by atoms with Crippen molar-refractivity contribution < 1.29 is 8.78 Å². The molecule has 10 rings (SSSR count). The molecule has 5 aromatic heterocycles. The van der Waals surface area contributed by atoms with E-state index in [-0.39, 0.29) is 17.0 Å². The fraction of sp³-hybridized carbons (Fsp3) is 0.0213. The van der Waals surface area contributed by atoms with E-state index in [1.807, 2.05) is 110 Å². The lowest BCUT2D eigenvalue weighted by atomic mass is 9.97. The number of hydrogen-bond acceptors (Lipinski definition) is 6. The first kappa shape index (κ1) is 32.3. The largest absolute Gasteiger partial charge is 0.254 e. The first-order valence-corrected chi connectivity index (χ1v) is 17.8. The SMILES string of the molecule is Cc1c(-c2ccccc2)nc(-c2ccc(-c3cnc4c(ccc5cccnc54)c3)cc2F)nc1-c1ccc(-c2cnc3c(ccc4cccnc43)c2)cc1F. The molecule has 0 saturated carbocycles. The van der Waals surface area contributed by atoms with Crippen LogP contribution in [-0.2, 0) is 0 Å². The minimum atomic E-state index is -0.505. The van der Waals surface area contributed by atoms with Crippen LogP contribution in [0.5, 0.6) is 0 Å².